The van der Waals surface area contributed by atoms with E-state index in [4.69, 9.17) is 17.0 Å². The van der Waals surface area contributed by atoms with Gasteiger partial charge in [0.25, 0.3) is 5.91 Å². The number of allylic oxidation sites excluding steroid dienone is 2. The largest absolute Gasteiger partial charge is 0.492 e. The summed E-state index contributed by atoms with van der Waals surface area (Å²) in [5.41, 5.74) is 2.63. The minimum absolute atomic E-state index is 0.138. The molecule has 1 aliphatic rings. The van der Waals surface area contributed by atoms with Crippen LogP contribution in [-0.4, -0.2) is 34.2 Å². The van der Waals surface area contributed by atoms with E-state index in [1.54, 1.807) is 12.1 Å². The van der Waals surface area contributed by atoms with Crippen molar-refractivity contribution in [3.63, 3.8) is 0 Å². The Balaban J connectivity index is 1.60. The summed E-state index contributed by atoms with van der Waals surface area (Å²) in [5, 5.41) is 2.84. The van der Waals surface area contributed by atoms with Crippen molar-refractivity contribution < 1.29 is 14.3 Å². The van der Waals surface area contributed by atoms with Gasteiger partial charge in [-0.3, -0.25) is 14.5 Å². The number of para-hydroxylation sites is 2. The van der Waals surface area contributed by atoms with Crippen LogP contribution in [0.3, 0.4) is 0 Å². The van der Waals surface area contributed by atoms with E-state index in [2.05, 4.69) is 5.32 Å². The van der Waals surface area contributed by atoms with Crippen molar-refractivity contribution in [2.75, 3.05) is 18.5 Å². The van der Waals surface area contributed by atoms with Gasteiger partial charge in [-0.1, -0.05) is 72.5 Å². The van der Waals surface area contributed by atoms with Crippen LogP contribution in [0.2, 0.25) is 0 Å². The normalized spacial score (nSPS) is 15.5. The number of carbonyl (C=O) groups is 2. The summed E-state index contributed by atoms with van der Waals surface area (Å²) in [5.74, 6) is 0.247. The molecule has 0 spiro atoms. The highest BCUT2D eigenvalue weighted by Gasteiger charge is 2.32. The maximum Gasteiger partial charge on any atom is 0.266 e. The molecule has 5 nitrogen and oxygen atoms in total. The Morgan fingerprint density at radius 1 is 1.16 bits per heavy atom. The minimum atomic E-state index is -0.203. The smallest absolute Gasteiger partial charge is 0.266 e. The Morgan fingerprint density at radius 2 is 1.87 bits per heavy atom. The van der Waals surface area contributed by atoms with Crippen molar-refractivity contribution in [3.05, 3.63) is 76.7 Å². The molecule has 3 rings (SSSR count). The summed E-state index contributed by atoms with van der Waals surface area (Å²) < 4.78 is 5.99. The molecular weight excluding hydrogens is 428 g/mol. The van der Waals surface area contributed by atoms with E-state index < -0.39 is 0 Å². The van der Waals surface area contributed by atoms with Crippen molar-refractivity contribution in [2.45, 2.75) is 20.3 Å². The number of carbonyl (C=O) groups excluding carboxylic acids is 2. The molecule has 0 saturated carbocycles. The molecule has 0 radical (unpaired) electrons. The van der Waals surface area contributed by atoms with Gasteiger partial charge in [0.05, 0.1) is 17.2 Å². The van der Waals surface area contributed by atoms with Gasteiger partial charge < -0.3 is 10.1 Å². The Labute approximate surface area is 192 Å². The molecule has 1 fully saturated rings. The van der Waals surface area contributed by atoms with E-state index in [1.807, 2.05) is 68.5 Å². The fraction of sp³-hybridized carbons (Fsp3) is 0.208. The van der Waals surface area contributed by atoms with E-state index in [9.17, 15) is 9.59 Å². The number of nitrogens with one attached hydrogen (secondary N) is 1. The third kappa shape index (κ3) is 6.29. The first-order valence-corrected chi connectivity index (χ1v) is 11.2. The molecular formula is C24H24N2O3S2. The molecule has 0 bridgehead atoms. The van der Waals surface area contributed by atoms with Crippen LogP contribution < -0.4 is 10.1 Å². The van der Waals surface area contributed by atoms with Crippen LogP contribution in [0.5, 0.6) is 5.75 Å². The van der Waals surface area contributed by atoms with E-state index in [0.29, 0.717) is 27.3 Å². The average Bonchev–Trinajstić information content (AvgIpc) is 3.01. The second-order valence-electron chi connectivity index (χ2n) is 6.86. The summed E-state index contributed by atoms with van der Waals surface area (Å²) >= 11 is 6.63. The highest BCUT2D eigenvalue weighted by Crippen LogP contribution is 2.32. The summed E-state index contributed by atoms with van der Waals surface area (Å²) in [6.45, 7) is 4.57. The number of rotatable bonds is 8. The highest BCUT2D eigenvalue weighted by atomic mass is 32.2. The second kappa shape index (κ2) is 10.9. The predicted octanol–water partition coefficient (Wildman–Crippen LogP) is 5.26. The van der Waals surface area contributed by atoms with Gasteiger partial charge in [0.1, 0.15) is 10.1 Å². The van der Waals surface area contributed by atoms with E-state index in [0.717, 1.165) is 11.1 Å². The molecule has 0 unspecified atom stereocenters. The molecule has 1 N–H and O–H groups in total. The van der Waals surface area contributed by atoms with Gasteiger partial charge in [0.15, 0.2) is 0 Å². The third-order valence-electron chi connectivity index (χ3n) is 4.45. The summed E-state index contributed by atoms with van der Waals surface area (Å²) in [7, 11) is 0. The lowest BCUT2D eigenvalue weighted by Gasteiger charge is -2.15. The standard InChI is InChI=1S/C24H24N2O3S2/c1-3-29-20-12-8-7-11-19(20)25-22(27)13-14-26-23(28)21(31-24(26)30)16-17(2)15-18-9-5-4-6-10-18/h4-12,15-16H,3,13-14H2,1-2H3,(H,25,27). The minimum Gasteiger partial charge on any atom is -0.492 e. The molecule has 7 heteroatoms. The number of ether oxygens (including phenoxy) is 1. The lowest BCUT2D eigenvalue weighted by Crippen LogP contribution is -2.31. The number of hydrogen-bond donors (Lipinski definition) is 1. The lowest BCUT2D eigenvalue weighted by atomic mass is 10.1. The molecule has 1 heterocycles. The van der Waals surface area contributed by atoms with Gasteiger partial charge in [-0.25, -0.2) is 0 Å². The highest BCUT2D eigenvalue weighted by molar-refractivity contribution is 8.26. The van der Waals surface area contributed by atoms with Crippen LogP contribution in [0.4, 0.5) is 5.69 Å². The predicted molar refractivity (Wildman–Crippen MR) is 131 cm³/mol. The van der Waals surface area contributed by atoms with Crippen molar-refractivity contribution in [1.82, 2.24) is 4.90 Å². The van der Waals surface area contributed by atoms with E-state index >= 15 is 0 Å². The fourth-order valence-electron chi connectivity index (χ4n) is 3.03. The number of thioether (sulfide) groups is 1. The zero-order chi connectivity index (χ0) is 22.2. The number of benzene rings is 2. The maximum absolute atomic E-state index is 12.8. The van der Waals surface area contributed by atoms with E-state index in [-0.39, 0.29) is 24.8 Å². The summed E-state index contributed by atoms with van der Waals surface area (Å²) in [4.78, 5) is 27.3. The first-order valence-electron chi connectivity index (χ1n) is 9.98. The maximum atomic E-state index is 12.8. The van der Waals surface area contributed by atoms with Gasteiger partial charge in [-0.15, -0.1) is 0 Å². The van der Waals surface area contributed by atoms with E-state index in [1.165, 1.54) is 16.7 Å². The number of nitrogens with zero attached hydrogens (tertiary/aromatic N) is 1. The van der Waals surface area contributed by atoms with Gasteiger partial charge in [0.2, 0.25) is 5.91 Å². The van der Waals surface area contributed by atoms with Crippen LogP contribution in [0.1, 0.15) is 25.8 Å². The molecule has 1 aliphatic heterocycles. The van der Waals surface area contributed by atoms with Crippen LogP contribution in [0, 0.1) is 0 Å². The van der Waals surface area contributed by atoms with Crippen molar-refractivity contribution in [1.29, 1.82) is 0 Å². The Bertz CT molecular complexity index is 1030. The quantitative estimate of drug-likeness (QED) is 0.437. The molecule has 0 atom stereocenters. The number of anilines is 1. The van der Waals surface area contributed by atoms with Crippen LogP contribution in [-0.2, 0) is 9.59 Å². The molecule has 2 aromatic rings. The van der Waals surface area contributed by atoms with Gasteiger partial charge in [-0.2, -0.15) is 0 Å². The zero-order valence-corrected chi connectivity index (χ0v) is 19.1. The van der Waals surface area contributed by atoms with Crippen molar-refractivity contribution in [3.8, 4) is 5.75 Å². The Kier molecular flexibility index (Phi) is 8.03. The molecule has 160 valence electrons. The van der Waals surface area contributed by atoms with Gasteiger partial charge in [0, 0.05) is 13.0 Å². The third-order valence-corrected chi connectivity index (χ3v) is 5.83. The molecule has 31 heavy (non-hydrogen) atoms. The summed E-state index contributed by atoms with van der Waals surface area (Å²) in [6, 6.07) is 17.2. The Hall–Kier alpha value is -2.90. The fourth-order valence-corrected chi connectivity index (χ4v) is 4.39. The number of hydrogen-bond acceptors (Lipinski definition) is 5. The first-order chi connectivity index (χ1) is 15.0. The second-order valence-corrected chi connectivity index (χ2v) is 8.54. The Morgan fingerprint density at radius 3 is 2.61 bits per heavy atom. The van der Waals surface area contributed by atoms with Gasteiger partial charge >= 0.3 is 0 Å². The lowest BCUT2D eigenvalue weighted by molar-refractivity contribution is -0.122. The van der Waals surface area contributed by atoms with Crippen molar-refractivity contribution >= 4 is 51.9 Å². The van der Waals surface area contributed by atoms with Gasteiger partial charge in [-0.05, 0) is 43.2 Å². The van der Waals surface area contributed by atoms with Crippen molar-refractivity contribution in [2.24, 2.45) is 0 Å². The topological polar surface area (TPSA) is 58.6 Å². The molecule has 0 aromatic heterocycles. The molecule has 0 aliphatic carbocycles. The number of amides is 2. The molecule has 1 saturated heterocycles. The molecule has 2 amide bonds. The zero-order valence-electron chi connectivity index (χ0n) is 17.5. The summed E-state index contributed by atoms with van der Waals surface area (Å²) in [6.07, 6.45) is 3.99. The van der Waals surface area contributed by atoms with Crippen LogP contribution >= 0.6 is 24.0 Å². The number of thiocarbonyl (C=S) groups is 1. The monoisotopic (exact) mass is 452 g/mol. The average molecular weight is 453 g/mol. The van der Waals surface area contributed by atoms with Crippen LogP contribution in [0.15, 0.2) is 71.2 Å². The SMILES string of the molecule is CCOc1ccccc1NC(=O)CCN1C(=O)C(=CC(C)=Cc2ccccc2)SC1=S. The van der Waals surface area contributed by atoms with Crippen LogP contribution in [0.25, 0.3) is 6.08 Å². The molecule has 2 aromatic carbocycles. The first kappa shape index (κ1) is 22.8.